The van der Waals surface area contributed by atoms with Gasteiger partial charge in [-0.1, -0.05) is 0 Å². The molecule has 1 amide bonds. The van der Waals surface area contributed by atoms with E-state index < -0.39 is 0 Å². The summed E-state index contributed by atoms with van der Waals surface area (Å²) in [4.78, 5) is 19.8. The summed E-state index contributed by atoms with van der Waals surface area (Å²) in [5.74, 6) is 1.98. The van der Waals surface area contributed by atoms with Crippen LogP contribution in [-0.4, -0.2) is 35.5 Å². The molecule has 0 spiro atoms. The average molecular weight is 237 g/mol. The molecule has 0 radical (unpaired) electrons. The number of hydrogen-bond acceptors (Lipinski definition) is 5. The minimum Gasteiger partial charge on any atom is -0.370 e. The molecule has 1 unspecified atom stereocenters. The number of carbonyl (C=O) groups excluding carboxylic acids is 1. The Morgan fingerprint density at radius 3 is 2.65 bits per heavy atom. The molecule has 0 aliphatic rings. The van der Waals surface area contributed by atoms with Crippen molar-refractivity contribution in [3.05, 3.63) is 11.9 Å². The summed E-state index contributed by atoms with van der Waals surface area (Å²) < 4.78 is 0. The first-order chi connectivity index (χ1) is 8.06. The summed E-state index contributed by atoms with van der Waals surface area (Å²) in [7, 11) is 1.61. The fourth-order valence-electron chi connectivity index (χ4n) is 1.42. The van der Waals surface area contributed by atoms with Gasteiger partial charge in [-0.3, -0.25) is 4.79 Å². The molecule has 0 saturated carbocycles. The fraction of sp³-hybridized carbons (Fsp3) is 0.545. The van der Waals surface area contributed by atoms with E-state index in [2.05, 4.69) is 25.9 Å². The van der Waals surface area contributed by atoms with E-state index >= 15 is 0 Å². The van der Waals surface area contributed by atoms with Gasteiger partial charge in [0.2, 0.25) is 5.91 Å². The summed E-state index contributed by atoms with van der Waals surface area (Å²) in [6, 6.07) is 1.46. The second-order valence-electron chi connectivity index (χ2n) is 3.70. The third-order valence-electron chi connectivity index (χ3n) is 2.20. The zero-order valence-corrected chi connectivity index (χ0v) is 10.7. The van der Waals surface area contributed by atoms with Crippen LogP contribution in [0.15, 0.2) is 6.07 Å². The molecular weight excluding hydrogens is 218 g/mol. The Kier molecular flexibility index (Phi) is 4.68. The van der Waals surface area contributed by atoms with Gasteiger partial charge >= 0.3 is 0 Å². The molecule has 1 aromatic rings. The first-order valence-corrected chi connectivity index (χ1v) is 5.64. The Hall–Kier alpha value is -1.85. The topological polar surface area (TPSA) is 78.9 Å². The number of nitrogens with zero attached hydrogens (tertiary/aromatic N) is 2. The van der Waals surface area contributed by atoms with Crippen LogP contribution in [0.5, 0.6) is 0 Å². The van der Waals surface area contributed by atoms with Gasteiger partial charge in [0.1, 0.15) is 23.5 Å². The number of aryl methyl sites for hydroxylation is 1. The van der Waals surface area contributed by atoms with E-state index in [1.54, 1.807) is 20.0 Å². The van der Waals surface area contributed by atoms with Gasteiger partial charge in [0.05, 0.1) is 0 Å². The Bertz CT molecular complexity index is 393. The second-order valence-corrected chi connectivity index (χ2v) is 3.70. The van der Waals surface area contributed by atoms with Crippen molar-refractivity contribution < 1.29 is 4.79 Å². The monoisotopic (exact) mass is 237 g/mol. The van der Waals surface area contributed by atoms with E-state index in [0.29, 0.717) is 11.6 Å². The SMILES string of the molecule is CCNc1cc(NC(C)C(=O)NC)nc(C)n1. The van der Waals surface area contributed by atoms with Crippen molar-refractivity contribution in [1.82, 2.24) is 15.3 Å². The van der Waals surface area contributed by atoms with Crippen LogP contribution in [0.3, 0.4) is 0 Å². The number of anilines is 2. The lowest BCUT2D eigenvalue weighted by Gasteiger charge is -2.14. The third-order valence-corrected chi connectivity index (χ3v) is 2.20. The fourth-order valence-corrected chi connectivity index (χ4v) is 1.42. The summed E-state index contributed by atoms with van der Waals surface area (Å²) in [6.07, 6.45) is 0. The van der Waals surface area contributed by atoms with Gasteiger partial charge in [0.15, 0.2) is 0 Å². The molecule has 94 valence electrons. The van der Waals surface area contributed by atoms with Gasteiger partial charge in [0, 0.05) is 19.7 Å². The van der Waals surface area contributed by atoms with Crippen molar-refractivity contribution in [2.24, 2.45) is 0 Å². The molecule has 17 heavy (non-hydrogen) atoms. The number of nitrogens with one attached hydrogen (secondary N) is 3. The van der Waals surface area contributed by atoms with Crippen molar-refractivity contribution in [3.8, 4) is 0 Å². The first-order valence-electron chi connectivity index (χ1n) is 5.64. The minimum atomic E-state index is -0.330. The maximum Gasteiger partial charge on any atom is 0.241 e. The van der Waals surface area contributed by atoms with Crippen LogP contribution < -0.4 is 16.0 Å². The maximum absolute atomic E-state index is 11.4. The van der Waals surface area contributed by atoms with Crippen LogP contribution in [0, 0.1) is 6.92 Å². The smallest absolute Gasteiger partial charge is 0.241 e. The van der Waals surface area contributed by atoms with Crippen LogP contribution in [0.25, 0.3) is 0 Å². The van der Waals surface area contributed by atoms with E-state index in [4.69, 9.17) is 0 Å². The lowest BCUT2D eigenvalue weighted by Crippen LogP contribution is -2.35. The lowest BCUT2D eigenvalue weighted by molar-refractivity contribution is -0.121. The van der Waals surface area contributed by atoms with Crippen molar-refractivity contribution >= 4 is 17.5 Å². The Morgan fingerprint density at radius 2 is 2.06 bits per heavy atom. The summed E-state index contributed by atoms with van der Waals surface area (Å²) in [5, 5.41) is 8.72. The number of aromatic nitrogens is 2. The summed E-state index contributed by atoms with van der Waals surface area (Å²) in [6.45, 7) is 6.39. The highest BCUT2D eigenvalue weighted by molar-refractivity contribution is 5.83. The zero-order chi connectivity index (χ0) is 12.8. The van der Waals surface area contributed by atoms with Gasteiger partial charge in [-0.05, 0) is 20.8 Å². The zero-order valence-electron chi connectivity index (χ0n) is 10.7. The van der Waals surface area contributed by atoms with Crippen LogP contribution in [0.2, 0.25) is 0 Å². The molecule has 3 N–H and O–H groups in total. The van der Waals surface area contributed by atoms with Crippen molar-refractivity contribution in [2.45, 2.75) is 26.8 Å². The average Bonchev–Trinajstić information content (AvgIpc) is 2.27. The molecule has 0 saturated heterocycles. The quantitative estimate of drug-likeness (QED) is 0.704. The molecular formula is C11H19N5O. The van der Waals surface area contributed by atoms with Crippen molar-refractivity contribution in [1.29, 1.82) is 0 Å². The molecule has 0 bridgehead atoms. The van der Waals surface area contributed by atoms with E-state index in [-0.39, 0.29) is 11.9 Å². The van der Waals surface area contributed by atoms with E-state index in [1.165, 1.54) is 0 Å². The molecule has 1 atom stereocenters. The van der Waals surface area contributed by atoms with Crippen LogP contribution in [0.4, 0.5) is 11.6 Å². The predicted octanol–water partition coefficient (Wildman–Crippen LogP) is 0.763. The lowest BCUT2D eigenvalue weighted by atomic mass is 10.3. The second kappa shape index (κ2) is 6.03. The first kappa shape index (κ1) is 13.2. The van der Waals surface area contributed by atoms with Crippen LogP contribution in [0.1, 0.15) is 19.7 Å². The van der Waals surface area contributed by atoms with Gasteiger partial charge in [-0.2, -0.15) is 0 Å². The summed E-state index contributed by atoms with van der Waals surface area (Å²) in [5.41, 5.74) is 0. The molecule has 1 rings (SSSR count). The van der Waals surface area contributed by atoms with Crippen molar-refractivity contribution in [3.63, 3.8) is 0 Å². The molecule has 0 aromatic carbocycles. The third kappa shape index (κ3) is 3.90. The molecule has 1 aromatic heterocycles. The van der Waals surface area contributed by atoms with Crippen LogP contribution in [-0.2, 0) is 4.79 Å². The standard InChI is InChI=1S/C11H19N5O/c1-5-13-9-6-10(16-8(3)15-9)14-7(2)11(17)12-4/h6-7H,5H2,1-4H3,(H,12,17)(H2,13,14,15,16). The highest BCUT2D eigenvalue weighted by atomic mass is 16.2. The van der Waals surface area contributed by atoms with Gasteiger partial charge < -0.3 is 16.0 Å². The Labute approximate surface area is 101 Å². The predicted molar refractivity (Wildman–Crippen MR) is 68.1 cm³/mol. The molecule has 1 heterocycles. The highest BCUT2D eigenvalue weighted by Gasteiger charge is 2.11. The van der Waals surface area contributed by atoms with Gasteiger partial charge in [-0.15, -0.1) is 0 Å². The van der Waals surface area contributed by atoms with E-state index in [1.807, 2.05) is 13.8 Å². The number of carbonyl (C=O) groups is 1. The molecule has 0 fully saturated rings. The summed E-state index contributed by atoms with van der Waals surface area (Å²) >= 11 is 0. The maximum atomic E-state index is 11.4. The Balaban J connectivity index is 2.80. The molecule has 0 aliphatic heterocycles. The van der Waals surface area contributed by atoms with Gasteiger partial charge in [0.25, 0.3) is 0 Å². The molecule has 6 nitrogen and oxygen atoms in total. The van der Waals surface area contributed by atoms with E-state index in [0.717, 1.165) is 12.4 Å². The minimum absolute atomic E-state index is 0.0775. The van der Waals surface area contributed by atoms with Gasteiger partial charge in [-0.25, -0.2) is 9.97 Å². The highest BCUT2D eigenvalue weighted by Crippen LogP contribution is 2.11. The number of hydrogen-bond donors (Lipinski definition) is 3. The number of rotatable bonds is 5. The Morgan fingerprint density at radius 1 is 1.41 bits per heavy atom. The molecule has 6 heteroatoms. The molecule has 0 aliphatic carbocycles. The largest absolute Gasteiger partial charge is 0.370 e. The number of likely N-dealkylation sites (N-methyl/N-ethyl adjacent to an activating group) is 1. The van der Waals surface area contributed by atoms with E-state index in [9.17, 15) is 4.79 Å². The van der Waals surface area contributed by atoms with Crippen molar-refractivity contribution in [2.75, 3.05) is 24.2 Å². The normalized spacial score (nSPS) is 11.8. The van der Waals surface area contributed by atoms with Crippen LogP contribution >= 0.6 is 0 Å². The number of amides is 1.